The number of nitrogens with zero attached hydrogens (tertiary/aromatic N) is 4. The fourth-order valence-electron chi connectivity index (χ4n) is 2.83. The molecule has 26 heavy (non-hydrogen) atoms. The van der Waals surface area contributed by atoms with Gasteiger partial charge in [-0.25, -0.2) is 19.9 Å². The van der Waals surface area contributed by atoms with Crippen molar-refractivity contribution in [2.75, 3.05) is 5.43 Å². The maximum absolute atomic E-state index is 12.3. The Balaban J connectivity index is 1.42. The molecule has 0 aliphatic rings. The van der Waals surface area contributed by atoms with Crippen molar-refractivity contribution in [1.82, 2.24) is 24.8 Å². The summed E-state index contributed by atoms with van der Waals surface area (Å²) in [6, 6.07) is 17.2. The summed E-state index contributed by atoms with van der Waals surface area (Å²) >= 11 is 0. The zero-order valence-corrected chi connectivity index (χ0v) is 14.0. The van der Waals surface area contributed by atoms with Crippen LogP contribution in [0.4, 0.5) is 4.79 Å². The van der Waals surface area contributed by atoms with Gasteiger partial charge in [-0.1, -0.05) is 36.4 Å². The summed E-state index contributed by atoms with van der Waals surface area (Å²) in [6.45, 7) is 1.09. The van der Waals surface area contributed by atoms with E-state index in [4.69, 9.17) is 0 Å². The number of carbonyl (C=O) groups is 1. The lowest BCUT2D eigenvalue weighted by molar-refractivity contribution is 0.249. The third kappa shape index (κ3) is 3.41. The lowest BCUT2D eigenvalue weighted by Gasteiger charge is -2.12. The van der Waals surface area contributed by atoms with Crippen molar-refractivity contribution in [3.05, 3.63) is 84.4 Å². The molecule has 0 unspecified atom stereocenters. The molecule has 0 atom stereocenters. The number of urea groups is 1. The molecule has 4 aromatic rings. The number of hydrogen-bond acceptors (Lipinski definition) is 3. The Labute approximate surface area is 150 Å². The predicted octanol–water partition coefficient (Wildman–Crippen LogP) is 2.73. The molecule has 4 rings (SSSR count). The zero-order chi connectivity index (χ0) is 17.8. The Hall–Kier alpha value is -3.61. The molecule has 7 nitrogen and oxygen atoms in total. The number of para-hydroxylation sites is 2. The van der Waals surface area contributed by atoms with Crippen LogP contribution in [-0.2, 0) is 13.1 Å². The molecule has 0 fully saturated rings. The van der Waals surface area contributed by atoms with Crippen LogP contribution < -0.4 is 10.7 Å². The topological polar surface area (TPSA) is 76.8 Å². The summed E-state index contributed by atoms with van der Waals surface area (Å²) < 4.78 is 3.47. The molecule has 2 aromatic heterocycles. The molecular weight excluding hydrogens is 328 g/mol. The Morgan fingerprint density at radius 3 is 2.65 bits per heavy atom. The van der Waals surface area contributed by atoms with E-state index in [0.717, 1.165) is 22.2 Å². The molecule has 0 aliphatic heterocycles. The van der Waals surface area contributed by atoms with Gasteiger partial charge in [0.25, 0.3) is 0 Å². The Kier molecular flexibility index (Phi) is 4.34. The minimum atomic E-state index is -0.290. The van der Waals surface area contributed by atoms with Crippen LogP contribution in [-0.4, -0.2) is 25.5 Å². The van der Waals surface area contributed by atoms with Crippen molar-refractivity contribution in [2.45, 2.75) is 13.1 Å². The van der Waals surface area contributed by atoms with Gasteiger partial charge in [-0.15, -0.1) is 0 Å². The van der Waals surface area contributed by atoms with Gasteiger partial charge in [0.2, 0.25) is 0 Å². The number of fused-ring (bicyclic) bond motifs is 1. The van der Waals surface area contributed by atoms with Gasteiger partial charge in [0, 0.05) is 18.9 Å². The molecule has 0 saturated carbocycles. The Morgan fingerprint density at radius 1 is 1.00 bits per heavy atom. The molecule has 0 bridgehead atoms. The van der Waals surface area contributed by atoms with Gasteiger partial charge in [0.05, 0.1) is 17.6 Å². The summed E-state index contributed by atoms with van der Waals surface area (Å²) in [7, 11) is 0. The minimum absolute atomic E-state index is 0.290. The summed E-state index contributed by atoms with van der Waals surface area (Å²) in [5.74, 6) is 0. The number of aromatic nitrogens is 4. The molecular formula is C19H18N6O. The standard InChI is InChI=1S/C19H18N6O/c26-19(23-25-14-21-17-8-3-4-9-18(17)25)20-12-15-6-1-2-7-16(15)13-24-11-5-10-22-24/h1-11,14H,12-13H2,(H2,20,23,26). The van der Waals surface area contributed by atoms with E-state index >= 15 is 0 Å². The Morgan fingerprint density at radius 2 is 1.81 bits per heavy atom. The number of carbonyl (C=O) groups excluding carboxylic acids is 1. The van der Waals surface area contributed by atoms with Crippen molar-refractivity contribution >= 4 is 17.1 Å². The van der Waals surface area contributed by atoms with Gasteiger partial charge in [-0.3, -0.25) is 4.68 Å². The van der Waals surface area contributed by atoms with Gasteiger partial charge >= 0.3 is 6.03 Å². The van der Waals surface area contributed by atoms with E-state index in [2.05, 4.69) is 20.8 Å². The highest BCUT2D eigenvalue weighted by atomic mass is 16.2. The molecule has 130 valence electrons. The van der Waals surface area contributed by atoms with Crippen molar-refractivity contribution in [1.29, 1.82) is 0 Å². The summed E-state index contributed by atoms with van der Waals surface area (Å²) in [6.07, 6.45) is 5.26. The van der Waals surface area contributed by atoms with E-state index in [1.807, 2.05) is 65.5 Å². The number of imidazole rings is 1. The van der Waals surface area contributed by atoms with E-state index in [0.29, 0.717) is 13.1 Å². The first-order valence-corrected chi connectivity index (χ1v) is 8.31. The first-order valence-electron chi connectivity index (χ1n) is 8.31. The molecule has 0 radical (unpaired) electrons. The fourth-order valence-corrected chi connectivity index (χ4v) is 2.83. The zero-order valence-electron chi connectivity index (χ0n) is 14.0. The van der Waals surface area contributed by atoms with Crippen LogP contribution in [0.3, 0.4) is 0 Å². The quantitative estimate of drug-likeness (QED) is 0.583. The predicted molar refractivity (Wildman–Crippen MR) is 99.1 cm³/mol. The molecule has 0 aliphatic carbocycles. The van der Waals surface area contributed by atoms with Gasteiger partial charge in [0.15, 0.2) is 0 Å². The number of amides is 2. The average Bonchev–Trinajstić information content (AvgIpc) is 3.31. The molecule has 0 saturated heterocycles. The van der Waals surface area contributed by atoms with Crippen LogP contribution >= 0.6 is 0 Å². The first kappa shape index (κ1) is 15.9. The number of hydrogen-bond donors (Lipinski definition) is 2. The normalized spacial score (nSPS) is 10.8. The number of rotatable bonds is 5. The largest absolute Gasteiger partial charge is 0.334 e. The van der Waals surface area contributed by atoms with Crippen molar-refractivity contribution < 1.29 is 4.79 Å². The van der Waals surface area contributed by atoms with E-state index in [-0.39, 0.29) is 6.03 Å². The Bertz CT molecular complexity index is 1020. The summed E-state index contributed by atoms with van der Waals surface area (Å²) in [5.41, 5.74) is 6.63. The van der Waals surface area contributed by atoms with Crippen LogP contribution in [0.25, 0.3) is 11.0 Å². The second kappa shape index (κ2) is 7.10. The van der Waals surface area contributed by atoms with Gasteiger partial charge < -0.3 is 5.32 Å². The van der Waals surface area contributed by atoms with Gasteiger partial charge in [0.1, 0.15) is 6.33 Å². The van der Waals surface area contributed by atoms with Crippen molar-refractivity contribution in [3.63, 3.8) is 0 Å². The monoisotopic (exact) mass is 346 g/mol. The molecule has 0 spiro atoms. The fraction of sp³-hybridized carbons (Fsp3) is 0.105. The van der Waals surface area contributed by atoms with Gasteiger partial charge in [-0.05, 0) is 29.3 Å². The maximum Gasteiger partial charge on any atom is 0.334 e. The third-order valence-electron chi connectivity index (χ3n) is 4.12. The average molecular weight is 346 g/mol. The lowest BCUT2D eigenvalue weighted by Crippen LogP contribution is -2.33. The van der Waals surface area contributed by atoms with E-state index in [1.165, 1.54) is 0 Å². The third-order valence-corrected chi connectivity index (χ3v) is 4.12. The molecule has 2 amide bonds. The second-order valence-electron chi connectivity index (χ2n) is 5.87. The SMILES string of the molecule is O=C(NCc1ccccc1Cn1cccn1)Nn1cnc2ccccc21. The van der Waals surface area contributed by atoms with Crippen LogP contribution in [0.5, 0.6) is 0 Å². The van der Waals surface area contributed by atoms with Crippen LogP contribution in [0.1, 0.15) is 11.1 Å². The van der Waals surface area contributed by atoms with E-state index in [1.54, 1.807) is 17.2 Å². The summed E-state index contributed by atoms with van der Waals surface area (Å²) in [4.78, 5) is 16.5. The highest BCUT2D eigenvalue weighted by Gasteiger charge is 2.07. The molecule has 2 aromatic carbocycles. The number of benzene rings is 2. The smallest absolute Gasteiger partial charge is 0.333 e. The lowest BCUT2D eigenvalue weighted by atomic mass is 10.1. The van der Waals surface area contributed by atoms with Crippen molar-refractivity contribution in [2.24, 2.45) is 0 Å². The van der Waals surface area contributed by atoms with Gasteiger partial charge in [-0.2, -0.15) is 5.10 Å². The van der Waals surface area contributed by atoms with E-state index < -0.39 is 0 Å². The highest BCUT2D eigenvalue weighted by Crippen LogP contribution is 2.11. The van der Waals surface area contributed by atoms with Crippen LogP contribution in [0, 0.1) is 0 Å². The van der Waals surface area contributed by atoms with Crippen LogP contribution in [0.2, 0.25) is 0 Å². The second-order valence-corrected chi connectivity index (χ2v) is 5.87. The van der Waals surface area contributed by atoms with Crippen molar-refractivity contribution in [3.8, 4) is 0 Å². The number of nitrogens with one attached hydrogen (secondary N) is 2. The van der Waals surface area contributed by atoms with E-state index in [9.17, 15) is 4.79 Å². The minimum Gasteiger partial charge on any atom is -0.333 e. The molecule has 7 heteroatoms. The van der Waals surface area contributed by atoms with Crippen LogP contribution in [0.15, 0.2) is 73.3 Å². The maximum atomic E-state index is 12.3. The molecule has 2 heterocycles. The summed E-state index contributed by atoms with van der Waals surface area (Å²) in [5, 5.41) is 7.13. The highest BCUT2D eigenvalue weighted by molar-refractivity contribution is 5.85. The first-order chi connectivity index (χ1) is 12.8. The molecule has 2 N–H and O–H groups in total.